The number of likely N-dealkylation sites (N-methyl/N-ethyl adjacent to an activating group) is 1. The highest BCUT2D eigenvalue weighted by Crippen LogP contribution is 2.46. The second-order valence-electron chi connectivity index (χ2n) is 6.84. The van der Waals surface area contributed by atoms with E-state index in [1.54, 1.807) is 18.3 Å². The standard InChI is InChI=1S/C18H21ClFN5O/c1-24-6-8-25(9-7-24)16-15-12(4-5-23-16)18(22,17(21)26-15)11-2-3-14(20)13(19)10-11/h2-5,10,17H,6-9,21-22H2,1H3. The van der Waals surface area contributed by atoms with E-state index in [0.717, 1.165) is 37.6 Å². The fourth-order valence-electron chi connectivity index (χ4n) is 3.57. The third-order valence-electron chi connectivity index (χ3n) is 5.23. The lowest BCUT2D eigenvalue weighted by atomic mass is 9.84. The first-order chi connectivity index (χ1) is 12.4. The van der Waals surface area contributed by atoms with Crippen LogP contribution in [0, 0.1) is 5.82 Å². The second-order valence-corrected chi connectivity index (χ2v) is 7.25. The van der Waals surface area contributed by atoms with Gasteiger partial charge in [0.25, 0.3) is 0 Å². The van der Waals surface area contributed by atoms with Gasteiger partial charge < -0.3 is 20.3 Å². The lowest BCUT2D eigenvalue weighted by Crippen LogP contribution is -2.52. The Morgan fingerprint density at radius 3 is 2.69 bits per heavy atom. The largest absolute Gasteiger partial charge is 0.469 e. The second kappa shape index (κ2) is 6.35. The number of pyridine rings is 1. The molecule has 1 aromatic heterocycles. The van der Waals surface area contributed by atoms with Crippen LogP contribution in [0.5, 0.6) is 5.75 Å². The highest BCUT2D eigenvalue weighted by atomic mass is 35.5. The monoisotopic (exact) mass is 377 g/mol. The maximum Gasteiger partial charge on any atom is 0.174 e. The molecule has 2 aliphatic rings. The molecule has 1 aromatic carbocycles. The van der Waals surface area contributed by atoms with E-state index < -0.39 is 17.6 Å². The summed E-state index contributed by atoms with van der Waals surface area (Å²) >= 11 is 5.96. The Balaban J connectivity index is 1.78. The van der Waals surface area contributed by atoms with Crippen molar-refractivity contribution in [3.8, 4) is 5.75 Å². The summed E-state index contributed by atoms with van der Waals surface area (Å²) in [4.78, 5) is 8.95. The Morgan fingerprint density at radius 1 is 1.27 bits per heavy atom. The number of halogens is 2. The molecule has 3 heterocycles. The van der Waals surface area contributed by atoms with Gasteiger partial charge in [-0.3, -0.25) is 5.73 Å². The third kappa shape index (κ3) is 2.63. The molecule has 138 valence electrons. The molecule has 4 rings (SSSR count). The van der Waals surface area contributed by atoms with Gasteiger partial charge in [0.2, 0.25) is 0 Å². The van der Waals surface area contributed by atoms with Crippen LogP contribution in [-0.2, 0) is 5.54 Å². The van der Waals surface area contributed by atoms with Crippen LogP contribution in [0.1, 0.15) is 11.1 Å². The van der Waals surface area contributed by atoms with Gasteiger partial charge in [-0.05, 0) is 30.8 Å². The number of aromatic nitrogens is 1. The molecule has 0 saturated carbocycles. The Morgan fingerprint density at radius 2 is 2.00 bits per heavy atom. The van der Waals surface area contributed by atoms with E-state index in [1.807, 2.05) is 0 Å². The molecular formula is C18H21ClFN5O. The molecule has 1 saturated heterocycles. The molecule has 8 heteroatoms. The molecule has 4 N–H and O–H groups in total. The highest BCUT2D eigenvalue weighted by molar-refractivity contribution is 6.30. The van der Waals surface area contributed by atoms with Gasteiger partial charge in [-0.15, -0.1) is 0 Å². The van der Waals surface area contributed by atoms with E-state index in [1.165, 1.54) is 12.1 Å². The number of benzene rings is 1. The smallest absolute Gasteiger partial charge is 0.174 e. The Labute approximate surface area is 156 Å². The van der Waals surface area contributed by atoms with Crippen LogP contribution in [0.2, 0.25) is 5.02 Å². The predicted molar refractivity (Wildman–Crippen MR) is 98.9 cm³/mol. The van der Waals surface area contributed by atoms with Crippen molar-refractivity contribution in [3.63, 3.8) is 0 Å². The highest BCUT2D eigenvalue weighted by Gasteiger charge is 2.48. The van der Waals surface area contributed by atoms with Crippen LogP contribution in [0.4, 0.5) is 10.2 Å². The summed E-state index contributed by atoms with van der Waals surface area (Å²) in [7, 11) is 2.09. The van der Waals surface area contributed by atoms with Crippen molar-refractivity contribution in [3.05, 3.63) is 52.4 Å². The minimum absolute atomic E-state index is 0.00122. The fourth-order valence-corrected chi connectivity index (χ4v) is 3.75. The molecule has 2 unspecified atom stereocenters. The lowest BCUT2D eigenvalue weighted by molar-refractivity contribution is 0.177. The van der Waals surface area contributed by atoms with Crippen LogP contribution >= 0.6 is 11.6 Å². The summed E-state index contributed by atoms with van der Waals surface area (Å²) < 4.78 is 19.5. The van der Waals surface area contributed by atoms with Gasteiger partial charge in [-0.25, -0.2) is 9.37 Å². The van der Waals surface area contributed by atoms with Gasteiger partial charge in [-0.1, -0.05) is 17.7 Å². The van der Waals surface area contributed by atoms with Gasteiger partial charge in [0.15, 0.2) is 17.8 Å². The first-order valence-corrected chi connectivity index (χ1v) is 8.88. The van der Waals surface area contributed by atoms with E-state index in [9.17, 15) is 4.39 Å². The number of hydrogen-bond donors (Lipinski definition) is 2. The van der Waals surface area contributed by atoms with Crippen LogP contribution in [0.15, 0.2) is 30.5 Å². The number of ether oxygens (including phenoxy) is 1. The molecule has 6 nitrogen and oxygen atoms in total. The molecule has 0 radical (unpaired) electrons. The summed E-state index contributed by atoms with van der Waals surface area (Å²) in [6.07, 6.45) is 0.884. The summed E-state index contributed by atoms with van der Waals surface area (Å²) in [5.74, 6) is 0.832. The van der Waals surface area contributed by atoms with Crippen LogP contribution in [-0.4, -0.2) is 49.3 Å². The van der Waals surface area contributed by atoms with E-state index in [4.69, 9.17) is 27.8 Å². The van der Waals surface area contributed by atoms with Gasteiger partial charge in [0.05, 0.1) is 5.02 Å². The maximum atomic E-state index is 13.6. The Kier molecular flexibility index (Phi) is 4.27. The molecule has 0 bridgehead atoms. The molecule has 2 aliphatic heterocycles. The molecule has 26 heavy (non-hydrogen) atoms. The first kappa shape index (κ1) is 17.5. The van der Waals surface area contributed by atoms with Crippen LogP contribution < -0.4 is 21.1 Å². The number of nitrogens with zero attached hydrogens (tertiary/aromatic N) is 3. The number of rotatable bonds is 2. The SMILES string of the molecule is CN1CCN(c2nccc3c2OC(N)C3(N)c2ccc(F)c(Cl)c2)CC1. The van der Waals surface area contributed by atoms with Crippen molar-refractivity contribution in [2.24, 2.45) is 11.5 Å². The summed E-state index contributed by atoms with van der Waals surface area (Å²) in [5, 5.41) is 0.00122. The first-order valence-electron chi connectivity index (χ1n) is 8.51. The van der Waals surface area contributed by atoms with Gasteiger partial charge in [-0.2, -0.15) is 0 Å². The number of piperazine rings is 1. The zero-order valence-corrected chi connectivity index (χ0v) is 15.2. The summed E-state index contributed by atoms with van der Waals surface area (Å²) in [6, 6.07) is 6.19. The number of hydrogen-bond acceptors (Lipinski definition) is 6. The van der Waals surface area contributed by atoms with Crippen molar-refractivity contribution >= 4 is 17.4 Å². The number of fused-ring (bicyclic) bond motifs is 1. The molecule has 2 atom stereocenters. The van der Waals surface area contributed by atoms with E-state index in [2.05, 4.69) is 21.8 Å². The molecular weight excluding hydrogens is 357 g/mol. The van der Waals surface area contributed by atoms with Gasteiger partial charge in [0.1, 0.15) is 11.4 Å². The zero-order chi connectivity index (χ0) is 18.5. The third-order valence-corrected chi connectivity index (χ3v) is 5.51. The van der Waals surface area contributed by atoms with Crippen LogP contribution in [0.25, 0.3) is 0 Å². The summed E-state index contributed by atoms with van der Waals surface area (Å²) in [6.45, 7) is 3.58. The normalized spacial score (nSPS) is 25.9. The minimum Gasteiger partial charge on any atom is -0.469 e. The van der Waals surface area contributed by atoms with E-state index in [0.29, 0.717) is 11.3 Å². The van der Waals surface area contributed by atoms with Crippen molar-refractivity contribution in [2.75, 3.05) is 38.1 Å². The fraction of sp³-hybridized carbons (Fsp3) is 0.389. The van der Waals surface area contributed by atoms with Crippen molar-refractivity contribution in [2.45, 2.75) is 11.8 Å². The summed E-state index contributed by atoms with van der Waals surface area (Å²) in [5.41, 5.74) is 13.2. The lowest BCUT2D eigenvalue weighted by Gasteiger charge is -2.33. The maximum absolute atomic E-state index is 13.6. The van der Waals surface area contributed by atoms with Gasteiger partial charge in [0, 0.05) is 37.9 Å². The van der Waals surface area contributed by atoms with E-state index >= 15 is 0 Å². The molecule has 0 amide bonds. The Bertz CT molecular complexity index is 842. The topological polar surface area (TPSA) is 80.6 Å². The molecule has 2 aromatic rings. The van der Waals surface area contributed by atoms with Crippen molar-refractivity contribution in [1.29, 1.82) is 0 Å². The quantitative estimate of drug-likeness (QED) is 0.825. The average Bonchev–Trinajstić information content (AvgIpc) is 2.90. The Hall–Kier alpha value is -1.93. The van der Waals surface area contributed by atoms with Crippen molar-refractivity contribution in [1.82, 2.24) is 9.88 Å². The van der Waals surface area contributed by atoms with Crippen LogP contribution in [0.3, 0.4) is 0 Å². The molecule has 1 fully saturated rings. The predicted octanol–water partition coefficient (Wildman–Crippen LogP) is 1.51. The minimum atomic E-state index is -1.13. The number of anilines is 1. The molecule has 0 aliphatic carbocycles. The average molecular weight is 378 g/mol. The van der Waals surface area contributed by atoms with E-state index in [-0.39, 0.29) is 5.02 Å². The zero-order valence-electron chi connectivity index (χ0n) is 14.5. The van der Waals surface area contributed by atoms with Crippen molar-refractivity contribution < 1.29 is 9.13 Å². The molecule has 0 spiro atoms. The number of nitrogens with two attached hydrogens (primary N) is 2. The van der Waals surface area contributed by atoms with Gasteiger partial charge >= 0.3 is 0 Å².